The smallest absolute Gasteiger partial charge is 0.185 e. The van der Waals surface area contributed by atoms with Crippen LogP contribution in [0.5, 0.6) is 0 Å². The maximum absolute atomic E-state index is 13.3. The van der Waals surface area contributed by atoms with Gasteiger partial charge in [0, 0.05) is 13.5 Å². The third kappa shape index (κ3) is 2.59. The molecule has 0 bridgehead atoms. The number of hydrogen-bond donors (Lipinski definition) is 0. The lowest BCUT2D eigenvalue weighted by Gasteiger charge is -2.03. The van der Waals surface area contributed by atoms with Gasteiger partial charge in [0.2, 0.25) is 0 Å². The quantitative estimate of drug-likeness (QED) is 0.801. The zero-order valence-electron chi connectivity index (χ0n) is 10.1. The summed E-state index contributed by atoms with van der Waals surface area (Å²) in [5.41, 5.74) is 1.90. The Morgan fingerprint density at radius 1 is 1.44 bits per heavy atom. The minimum Gasteiger partial charge on any atom is -0.292 e. The van der Waals surface area contributed by atoms with E-state index in [1.54, 1.807) is 19.2 Å². The van der Waals surface area contributed by atoms with E-state index in [2.05, 4.69) is 5.10 Å². The fraction of sp³-hybridized carbons (Fsp3) is 0.231. The normalized spacial score (nSPS) is 10.7. The van der Waals surface area contributed by atoms with E-state index in [-0.39, 0.29) is 17.2 Å². The van der Waals surface area contributed by atoms with Crippen molar-refractivity contribution in [2.75, 3.05) is 0 Å². The van der Waals surface area contributed by atoms with Gasteiger partial charge in [-0.05, 0) is 30.7 Å². The van der Waals surface area contributed by atoms with Crippen molar-refractivity contribution in [2.45, 2.75) is 13.3 Å². The number of Topliss-reactive ketones (excluding diaryl/α,β-unsaturated/α-hetero) is 1. The minimum absolute atomic E-state index is 0.0579. The van der Waals surface area contributed by atoms with Crippen LogP contribution in [0.15, 0.2) is 24.3 Å². The Labute approximate surface area is 109 Å². The molecule has 18 heavy (non-hydrogen) atoms. The van der Waals surface area contributed by atoms with E-state index in [0.29, 0.717) is 11.3 Å². The molecule has 0 amide bonds. The maximum Gasteiger partial charge on any atom is 0.185 e. The largest absolute Gasteiger partial charge is 0.292 e. The van der Waals surface area contributed by atoms with E-state index in [9.17, 15) is 9.18 Å². The first-order chi connectivity index (χ1) is 8.47. The first-order valence-corrected chi connectivity index (χ1v) is 5.83. The second kappa shape index (κ2) is 4.90. The van der Waals surface area contributed by atoms with Crippen molar-refractivity contribution in [3.8, 4) is 0 Å². The van der Waals surface area contributed by atoms with Crippen LogP contribution in [-0.2, 0) is 13.5 Å². The van der Waals surface area contributed by atoms with Gasteiger partial charge in [0.15, 0.2) is 5.78 Å². The average Bonchev–Trinajstić information content (AvgIpc) is 2.63. The number of aromatic nitrogens is 2. The summed E-state index contributed by atoms with van der Waals surface area (Å²) < 4.78 is 14.8. The Morgan fingerprint density at radius 3 is 2.72 bits per heavy atom. The molecular weight excluding hydrogens is 255 g/mol. The van der Waals surface area contributed by atoms with Crippen LogP contribution in [0.1, 0.15) is 21.7 Å². The average molecular weight is 267 g/mol. The van der Waals surface area contributed by atoms with Crippen molar-refractivity contribution in [3.63, 3.8) is 0 Å². The number of benzene rings is 1. The number of carbonyl (C=O) groups excluding carboxylic acids is 1. The molecule has 2 aromatic rings. The zero-order valence-corrected chi connectivity index (χ0v) is 10.8. The fourth-order valence-electron chi connectivity index (χ4n) is 1.80. The molecular formula is C13H12ClFN2O. The number of ketones is 1. The van der Waals surface area contributed by atoms with Gasteiger partial charge in [0.05, 0.1) is 10.7 Å². The van der Waals surface area contributed by atoms with Gasteiger partial charge in [-0.25, -0.2) is 4.39 Å². The standard InChI is InChI=1S/C13H12ClFN2O/c1-8-5-12(17(2)16-8)13(18)7-9-3-4-10(14)11(15)6-9/h3-6H,7H2,1-2H3. The van der Waals surface area contributed by atoms with Crippen LogP contribution in [-0.4, -0.2) is 15.6 Å². The third-order valence-corrected chi connectivity index (χ3v) is 2.94. The van der Waals surface area contributed by atoms with E-state index < -0.39 is 5.82 Å². The van der Waals surface area contributed by atoms with Crippen molar-refractivity contribution >= 4 is 17.4 Å². The van der Waals surface area contributed by atoms with Crippen molar-refractivity contribution in [2.24, 2.45) is 7.05 Å². The Balaban J connectivity index is 2.21. The SMILES string of the molecule is Cc1cc(C(=O)Cc2ccc(Cl)c(F)c2)n(C)n1. The van der Waals surface area contributed by atoms with Crippen molar-refractivity contribution < 1.29 is 9.18 Å². The summed E-state index contributed by atoms with van der Waals surface area (Å²) in [4.78, 5) is 12.0. The Bertz CT molecular complexity index is 607. The Morgan fingerprint density at radius 2 is 2.17 bits per heavy atom. The summed E-state index contributed by atoms with van der Waals surface area (Å²) in [6.45, 7) is 1.82. The minimum atomic E-state index is -0.511. The highest BCUT2D eigenvalue weighted by Crippen LogP contribution is 2.17. The van der Waals surface area contributed by atoms with E-state index in [1.165, 1.54) is 16.8 Å². The monoisotopic (exact) mass is 266 g/mol. The molecule has 5 heteroatoms. The molecule has 0 aliphatic heterocycles. The molecule has 1 aromatic heterocycles. The van der Waals surface area contributed by atoms with E-state index in [4.69, 9.17) is 11.6 Å². The highest BCUT2D eigenvalue weighted by atomic mass is 35.5. The summed E-state index contributed by atoms with van der Waals surface area (Å²) >= 11 is 5.59. The molecule has 1 aromatic carbocycles. The molecule has 3 nitrogen and oxygen atoms in total. The first-order valence-electron chi connectivity index (χ1n) is 5.45. The summed E-state index contributed by atoms with van der Waals surface area (Å²) in [5, 5.41) is 4.16. The van der Waals surface area contributed by atoms with Gasteiger partial charge in [0.25, 0.3) is 0 Å². The predicted octanol–water partition coefficient (Wildman–Crippen LogP) is 2.95. The van der Waals surface area contributed by atoms with Crippen LogP contribution in [0.2, 0.25) is 5.02 Å². The van der Waals surface area contributed by atoms with Gasteiger partial charge in [-0.3, -0.25) is 9.48 Å². The second-order valence-electron chi connectivity index (χ2n) is 4.14. The van der Waals surface area contributed by atoms with E-state index >= 15 is 0 Å². The molecule has 0 aliphatic rings. The summed E-state index contributed by atoms with van der Waals surface area (Å²) in [5.74, 6) is -0.608. The molecule has 0 aliphatic carbocycles. The number of rotatable bonds is 3. The van der Waals surface area contributed by atoms with Crippen LogP contribution >= 0.6 is 11.6 Å². The number of carbonyl (C=O) groups is 1. The number of aryl methyl sites for hydroxylation is 2. The molecule has 0 atom stereocenters. The molecule has 0 radical (unpaired) electrons. The fourth-order valence-corrected chi connectivity index (χ4v) is 1.91. The molecule has 1 heterocycles. The Hall–Kier alpha value is -1.68. The highest BCUT2D eigenvalue weighted by Gasteiger charge is 2.13. The molecule has 0 N–H and O–H groups in total. The maximum atomic E-state index is 13.3. The summed E-state index contributed by atoms with van der Waals surface area (Å²) in [7, 11) is 1.71. The molecule has 0 saturated carbocycles. The lowest BCUT2D eigenvalue weighted by atomic mass is 10.1. The molecule has 0 spiro atoms. The number of halogens is 2. The number of hydrogen-bond acceptors (Lipinski definition) is 2. The van der Waals surface area contributed by atoms with Crippen LogP contribution in [0.3, 0.4) is 0 Å². The molecule has 0 saturated heterocycles. The second-order valence-corrected chi connectivity index (χ2v) is 4.55. The zero-order chi connectivity index (χ0) is 13.3. The van der Waals surface area contributed by atoms with Gasteiger partial charge >= 0.3 is 0 Å². The van der Waals surface area contributed by atoms with Gasteiger partial charge in [-0.1, -0.05) is 17.7 Å². The Kier molecular flexibility index (Phi) is 3.48. The van der Waals surface area contributed by atoms with Crippen molar-refractivity contribution in [1.82, 2.24) is 9.78 Å². The summed E-state index contributed by atoms with van der Waals surface area (Å²) in [6, 6.07) is 6.10. The molecule has 0 unspecified atom stereocenters. The van der Waals surface area contributed by atoms with Gasteiger partial charge < -0.3 is 0 Å². The van der Waals surface area contributed by atoms with Crippen LogP contribution in [0, 0.1) is 12.7 Å². The van der Waals surface area contributed by atoms with Crippen molar-refractivity contribution in [3.05, 3.63) is 52.1 Å². The molecule has 94 valence electrons. The molecule has 0 fully saturated rings. The van der Waals surface area contributed by atoms with E-state index in [1.807, 2.05) is 6.92 Å². The van der Waals surface area contributed by atoms with Crippen molar-refractivity contribution in [1.29, 1.82) is 0 Å². The number of nitrogens with zero attached hydrogens (tertiary/aromatic N) is 2. The predicted molar refractivity (Wildman–Crippen MR) is 67.4 cm³/mol. The lowest BCUT2D eigenvalue weighted by molar-refractivity contribution is 0.0984. The van der Waals surface area contributed by atoms with E-state index in [0.717, 1.165) is 5.69 Å². The van der Waals surface area contributed by atoms with Crippen LogP contribution in [0.25, 0.3) is 0 Å². The van der Waals surface area contributed by atoms with Crippen LogP contribution < -0.4 is 0 Å². The van der Waals surface area contributed by atoms with Gasteiger partial charge in [0.1, 0.15) is 11.5 Å². The van der Waals surface area contributed by atoms with Crippen LogP contribution in [0.4, 0.5) is 4.39 Å². The highest BCUT2D eigenvalue weighted by molar-refractivity contribution is 6.30. The molecule has 2 rings (SSSR count). The van der Waals surface area contributed by atoms with Gasteiger partial charge in [-0.15, -0.1) is 0 Å². The third-order valence-electron chi connectivity index (χ3n) is 2.64. The topological polar surface area (TPSA) is 34.9 Å². The summed E-state index contributed by atoms with van der Waals surface area (Å²) in [6.07, 6.45) is 0.132. The van der Waals surface area contributed by atoms with Gasteiger partial charge in [-0.2, -0.15) is 5.10 Å². The first kappa shape index (κ1) is 12.8. The lowest BCUT2D eigenvalue weighted by Crippen LogP contribution is -2.09.